The van der Waals surface area contributed by atoms with Crippen molar-refractivity contribution in [2.24, 2.45) is 0 Å². The summed E-state index contributed by atoms with van der Waals surface area (Å²) in [6.45, 7) is 7.07. The van der Waals surface area contributed by atoms with Crippen molar-refractivity contribution in [1.29, 1.82) is 0 Å². The maximum atomic E-state index is 13.0. The first-order valence-corrected chi connectivity index (χ1v) is 9.83. The normalized spacial score (nSPS) is 17.9. The number of hydrogen-bond acceptors (Lipinski definition) is 6. The summed E-state index contributed by atoms with van der Waals surface area (Å²) in [5.74, 6) is 0.843. The number of nitrogens with zero attached hydrogens (tertiary/aromatic N) is 4. The van der Waals surface area contributed by atoms with Gasteiger partial charge in [-0.1, -0.05) is 13.8 Å². The van der Waals surface area contributed by atoms with E-state index in [1.54, 1.807) is 6.07 Å². The van der Waals surface area contributed by atoms with Gasteiger partial charge in [0.1, 0.15) is 11.5 Å². The molecule has 148 valence electrons. The lowest BCUT2D eigenvalue weighted by atomic mass is 9.76. The molecule has 1 spiro atoms. The number of nitrogens with two attached hydrogens (primary N) is 1. The summed E-state index contributed by atoms with van der Waals surface area (Å²) in [6, 6.07) is 1.74. The Labute approximate surface area is 163 Å². The first kappa shape index (κ1) is 18.6. The van der Waals surface area contributed by atoms with E-state index in [-0.39, 0.29) is 28.7 Å². The Kier molecular flexibility index (Phi) is 4.44. The van der Waals surface area contributed by atoms with Crippen molar-refractivity contribution in [2.45, 2.75) is 57.8 Å². The molecule has 0 atom stereocenters. The second-order valence-electron chi connectivity index (χ2n) is 8.24. The third-order valence-corrected chi connectivity index (χ3v) is 6.07. The van der Waals surface area contributed by atoms with Gasteiger partial charge in [0, 0.05) is 29.8 Å². The number of H-pyrrole nitrogens is 1. The standard InChI is InChI=1S/C20H26N6O2/c1-11(2)14-10-15(25-19(21)24-14)18(28)26-8-6-20(7-9-26)5-4-13-16(20)22-12(3)23-17(13)27/h10-11H,4-9H2,1-3H3,(H2,21,24,25)(H,22,23,27). The smallest absolute Gasteiger partial charge is 0.272 e. The number of aryl methyl sites for hydroxylation is 1. The fourth-order valence-corrected chi connectivity index (χ4v) is 4.44. The fraction of sp³-hybridized carbons (Fsp3) is 0.550. The highest BCUT2D eigenvalue weighted by molar-refractivity contribution is 5.92. The summed E-state index contributed by atoms with van der Waals surface area (Å²) in [5, 5.41) is 0. The van der Waals surface area contributed by atoms with Gasteiger partial charge in [0.05, 0.1) is 5.69 Å². The molecule has 0 radical (unpaired) electrons. The molecule has 8 heteroatoms. The number of nitrogen functional groups attached to an aromatic ring is 1. The lowest BCUT2D eigenvalue weighted by molar-refractivity contribution is 0.0657. The van der Waals surface area contributed by atoms with Crippen molar-refractivity contribution in [3.05, 3.63) is 44.9 Å². The molecular weight excluding hydrogens is 356 g/mol. The quantitative estimate of drug-likeness (QED) is 0.816. The van der Waals surface area contributed by atoms with E-state index in [1.165, 1.54) is 0 Å². The highest BCUT2D eigenvalue weighted by Crippen LogP contribution is 2.44. The van der Waals surface area contributed by atoms with Crippen LogP contribution in [0.4, 0.5) is 5.95 Å². The van der Waals surface area contributed by atoms with E-state index in [4.69, 9.17) is 5.73 Å². The van der Waals surface area contributed by atoms with Crippen molar-refractivity contribution in [3.63, 3.8) is 0 Å². The molecule has 0 saturated carbocycles. The Hall–Kier alpha value is -2.77. The van der Waals surface area contributed by atoms with Gasteiger partial charge in [0.15, 0.2) is 0 Å². The van der Waals surface area contributed by atoms with E-state index >= 15 is 0 Å². The number of anilines is 1. The van der Waals surface area contributed by atoms with Crippen molar-refractivity contribution < 1.29 is 4.79 Å². The Morgan fingerprint density at radius 2 is 1.93 bits per heavy atom. The van der Waals surface area contributed by atoms with Gasteiger partial charge in [-0.2, -0.15) is 0 Å². The van der Waals surface area contributed by atoms with Gasteiger partial charge in [-0.05, 0) is 44.6 Å². The molecule has 2 aromatic rings. The van der Waals surface area contributed by atoms with E-state index < -0.39 is 0 Å². The van der Waals surface area contributed by atoms with Crippen LogP contribution in [0.3, 0.4) is 0 Å². The minimum atomic E-state index is -0.112. The summed E-state index contributed by atoms with van der Waals surface area (Å²) in [7, 11) is 0. The van der Waals surface area contributed by atoms with Gasteiger partial charge in [-0.15, -0.1) is 0 Å². The number of likely N-dealkylation sites (tertiary alicyclic amines) is 1. The van der Waals surface area contributed by atoms with Crippen LogP contribution >= 0.6 is 0 Å². The van der Waals surface area contributed by atoms with Crippen molar-refractivity contribution in [2.75, 3.05) is 18.8 Å². The van der Waals surface area contributed by atoms with Crippen LogP contribution in [0, 0.1) is 6.92 Å². The molecule has 28 heavy (non-hydrogen) atoms. The van der Waals surface area contributed by atoms with Crippen LogP contribution in [-0.2, 0) is 11.8 Å². The monoisotopic (exact) mass is 382 g/mol. The second kappa shape index (κ2) is 6.68. The van der Waals surface area contributed by atoms with E-state index in [1.807, 2.05) is 25.7 Å². The number of nitrogens with one attached hydrogen (secondary N) is 1. The maximum absolute atomic E-state index is 13.0. The maximum Gasteiger partial charge on any atom is 0.272 e. The molecule has 8 nitrogen and oxygen atoms in total. The van der Waals surface area contributed by atoms with Crippen LogP contribution in [0.15, 0.2) is 10.9 Å². The molecule has 4 rings (SSSR count). The van der Waals surface area contributed by atoms with Crippen molar-refractivity contribution >= 4 is 11.9 Å². The Morgan fingerprint density at radius 1 is 1.21 bits per heavy atom. The molecular formula is C20H26N6O2. The number of amides is 1. The summed E-state index contributed by atoms with van der Waals surface area (Å²) in [5.41, 5.74) is 8.57. The molecule has 3 N–H and O–H groups in total. The lowest BCUT2D eigenvalue weighted by Gasteiger charge is -2.39. The van der Waals surface area contributed by atoms with E-state index in [0.29, 0.717) is 24.6 Å². The van der Waals surface area contributed by atoms with E-state index in [9.17, 15) is 9.59 Å². The van der Waals surface area contributed by atoms with Crippen LogP contribution in [-0.4, -0.2) is 43.8 Å². The summed E-state index contributed by atoms with van der Waals surface area (Å²) in [6.07, 6.45) is 3.28. The first-order chi connectivity index (χ1) is 13.3. The Bertz CT molecular complexity index is 989. The van der Waals surface area contributed by atoms with E-state index in [0.717, 1.165) is 42.6 Å². The average molecular weight is 382 g/mol. The number of hydrogen-bond donors (Lipinski definition) is 2. The van der Waals surface area contributed by atoms with Crippen LogP contribution < -0.4 is 11.3 Å². The molecule has 0 bridgehead atoms. The first-order valence-electron chi connectivity index (χ1n) is 9.83. The van der Waals surface area contributed by atoms with Crippen LogP contribution in [0.1, 0.15) is 72.3 Å². The number of carbonyl (C=O) groups is 1. The van der Waals surface area contributed by atoms with Gasteiger partial charge in [-0.3, -0.25) is 9.59 Å². The molecule has 1 aliphatic heterocycles. The molecule has 2 aliphatic rings. The summed E-state index contributed by atoms with van der Waals surface area (Å²) in [4.78, 5) is 42.9. The number of carbonyl (C=O) groups excluding carboxylic acids is 1. The molecule has 3 heterocycles. The van der Waals surface area contributed by atoms with Gasteiger partial charge in [0.2, 0.25) is 5.95 Å². The van der Waals surface area contributed by atoms with E-state index in [2.05, 4.69) is 19.9 Å². The zero-order chi connectivity index (χ0) is 20.1. The number of rotatable bonds is 2. The average Bonchev–Trinajstić information content (AvgIpc) is 2.99. The third kappa shape index (κ3) is 3.06. The molecule has 0 aromatic carbocycles. The largest absolute Gasteiger partial charge is 0.368 e. The van der Waals surface area contributed by atoms with Gasteiger partial charge in [-0.25, -0.2) is 15.0 Å². The minimum Gasteiger partial charge on any atom is -0.368 e. The SMILES string of the molecule is Cc1nc2c(c(=O)[nH]1)CCC21CCN(C(=O)c2cc(C(C)C)nc(N)n2)CC1. The van der Waals surface area contributed by atoms with Crippen LogP contribution in [0.5, 0.6) is 0 Å². The minimum absolute atomic E-state index is 0.0180. The Morgan fingerprint density at radius 3 is 2.61 bits per heavy atom. The molecule has 1 saturated heterocycles. The molecule has 0 unspecified atom stereocenters. The number of piperidine rings is 1. The number of aromatic amines is 1. The summed E-state index contributed by atoms with van der Waals surface area (Å²) >= 11 is 0. The summed E-state index contributed by atoms with van der Waals surface area (Å²) < 4.78 is 0. The lowest BCUT2D eigenvalue weighted by Crippen LogP contribution is -2.45. The van der Waals surface area contributed by atoms with Crippen LogP contribution in [0.2, 0.25) is 0 Å². The topological polar surface area (TPSA) is 118 Å². The molecule has 2 aromatic heterocycles. The van der Waals surface area contributed by atoms with Crippen LogP contribution in [0.25, 0.3) is 0 Å². The molecule has 1 aliphatic carbocycles. The molecule has 1 fully saturated rings. The van der Waals surface area contributed by atoms with Crippen molar-refractivity contribution in [1.82, 2.24) is 24.8 Å². The van der Waals surface area contributed by atoms with Gasteiger partial charge in [0.25, 0.3) is 11.5 Å². The highest BCUT2D eigenvalue weighted by Gasteiger charge is 2.44. The highest BCUT2D eigenvalue weighted by atomic mass is 16.2. The third-order valence-electron chi connectivity index (χ3n) is 6.07. The predicted octanol–water partition coefficient (Wildman–Crippen LogP) is 1.69. The predicted molar refractivity (Wildman–Crippen MR) is 105 cm³/mol. The fourth-order valence-electron chi connectivity index (χ4n) is 4.44. The van der Waals surface area contributed by atoms with Crippen molar-refractivity contribution in [3.8, 4) is 0 Å². The van der Waals surface area contributed by atoms with Gasteiger partial charge < -0.3 is 15.6 Å². The second-order valence-corrected chi connectivity index (χ2v) is 8.24. The Balaban J connectivity index is 1.55. The zero-order valence-corrected chi connectivity index (χ0v) is 16.6. The number of aromatic nitrogens is 4. The zero-order valence-electron chi connectivity index (χ0n) is 16.6. The van der Waals surface area contributed by atoms with Gasteiger partial charge >= 0.3 is 0 Å². The number of fused-ring (bicyclic) bond motifs is 2. The molecule has 1 amide bonds.